The van der Waals surface area contributed by atoms with Gasteiger partial charge in [-0.2, -0.15) is 0 Å². The molecule has 0 aromatic heterocycles. The van der Waals surface area contributed by atoms with Crippen LogP contribution in [-0.4, -0.2) is 64.3 Å². The van der Waals surface area contributed by atoms with Crippen LogP contribution < -0.4 is 5.73 Å². The number of hydrogen-bond donors (Lipinski definition) is 1. The fraction of sp³-hybridized carbons (Fsp3) is 0.800. The highest BCUT2D eigenvalue weighted by molar-refractivity contribution is 8.77. The Morgan fingerprint density at radius 1 is 1.15 bits per heavy atom. The molecule has 2 fully saturated rings. The van der Waals surface area contributed by atoms with Gasteiger partial charge in [0, 0.05) is 48.1 Å². The third kappa shape index (κ3) is 10.9. The van der Waals surface area contributed by atoms with E-state index in [1.54, 1.807) is 0 Å². The number of amides is 2. The van der Waals surface area contributed by atoms with Crippen LogP contribution in [0, 0.1) is 5.92 Å². The molecule has 2 heterocycles. The molecule has 2 aliphatic rings. The molecule has 2 aliphatic heterocycles. The van der Waals surface area contributed by atoms with Crippen LogP contribution in [0.15, 0.2) is 10.1 Å². The maximum atomic E-state index is 12.4. The number of nitrogens with zero attached hydrogens (tertiary/aromatic N) is 5. The maximum absolute atomic E-state index is 12.4. The van der Waals surface area contributed by atoms with Gasteiger partial charge in [-0.05, 0) is 37.1 Å². The predicted octanol–water partition coefficient (Wildman–Crippen LogP) is 4.10. The van der Waals surface area contributed by atoms with E-state index in [0.717, 1.165) is 18.9 Å². The Hall–Kier alpha value is -1.56. The molecule has 10 nitrogen and oxygen atoms in total. The Labute approximate surface area is 206 Å². The molecule has 0 spiro atoms. The number of nitrogens with two attached hydrogens (primary N) is 1. The molecular formula is C20H32N6O4S3. The summed E-state index contributed by atoms with van der Waals surface area (Å²) in [5, 5.41) is 3.45. The van der Waals surface area contributed by atoms with Crippen LogP contribution in [0.4, 0.5) is 0 Å². The highest BCUT2D eigenvalue weighted by Gasteiger charge is 2.41. The van der Waals surface area contributed by atoms with E-state index in [2.05, 4.69) is 15.0 Å². The SMILES string of the molecule is [N-]=[N+]=NCCCCCC(=O)ON1C(=O)CC(SCCC(N)=NCCCCC2CSSC2)C1=O. The normalized spacial score (nSPS) is 19.2. The average Bonchev–Trinajstić information content (AvgIpc) is 3.40. The molecule has 184 valence electrons. The van der Waals surface area contributed by atoms with Crippen molar-refractivity contribution in [2.45, 2.75) is 63.0 Å². The van der Waals surface area contributed by atoms with Crippen molar-refractivity contribution in [2.75, 3.05) is 30.3 Å². The summed E-state index contributed by atoms with van der Waals surface area (Å²) in [6, 6.07) is 0. The minimum absolute atomic E-state index is 0.0116. The Bertz CT molecular complexity index is 741. The third-order valence-corrected chi connectivity index (χ3v) is 9.07. The first-order valence-electron chi connectivity index (χ1n) is 11.2. The zero-order valence-corrected chi connectivity index (χ0v) is 21.2. The van der Waals surface area contributed by atoms with Crippen molar-refractivity contribution in [2.24, 2.45) is 21.8 Å². The van der Waals surface area contributed by atoms with Crippen molar-refractivity contribution in [3.05, 3.63) is 10.4 Å². The van der Waals surface area contributed by atoms with Gasteiger partial charge in [0.05, 0.1) is 17.5 Å². The molecule has 0 saturated carbocycles. The fourth-order valence-corrected chi connectivity index (χ4v) is 7.42. The number of carbonyl (C=O) groups excluding carboxylic acids is 3. The lowest BCUT2D eigenvalue weighted by Gasteiger charge is -2.13. The summed E-state index contributed by atoms with van der Waals surface area (Å²) < 4.78 is 0. The lowest BCUT2D eigenvalue weighted by atomic mass is 10.1. The smallest absolute Gasteiger partial charge is 0.333 e. The quantitative estimate of drug-likeness (QED) is 0.0470. The largest absolute Gasteiger partial charge is 0.387 e. The summed E-state index contributed by atoms with van der Waals surface area (Å²) in [6.07, 6.45) is 6.00. The molecule has 13 heteroatoms. The molecule has 0 aromatic rings. The number of amidine groups is 1. The number of rotatable bonds is 16. The predicted molar refractivity (Wildman–Crippen MR) is 135 cm³/mol. The topological polar surface area (TPSA) is 151 Å². The number of unbranched alkanes of at least 4 members (excludes halogenated alkanes) is 3. The first-order valence-corrected chi connectivity index (χ1v) is 14.8. The molecule has 2 rings (SSSR count). The van der Waals surface area contributed by atoms with Crippen LogP contribution in [0.5, 0.6) is 0 Å². The molecule has 0 bridgehead atoms. The first-order chi connectivity index (χ1) is 16.0. The van der Waals surface area contributed by atoms with Crippen LogP contribution in [0.1, 0.15) is 57.8 Å². The van der Waals surface area contributed by atoms with Gasteiger partial charge in [0.25, 0.3) is 11.8 Å². The molecule has 2 N–H and O–H groups in total. The molecular weight excluding hydrogens is 484 g/mol. The van der Waals surface area contributed by atoms with E-state index in [9.17, 15) is 14.4 Å². The number of carbonyl (C=O) groups is 3. The summed E-state index contributed by atoms with van der Waals surface area (Å²) >= 11 is 1.34. The molecule has 0 radical (unpaired) electrons. The minimum Gasteiger partial charge on any atom is -0.387 e. The highest BCUT2D eigenvalue weighted by Crippen LogP contribution is 2.36. The number of azide groups is 1. The van der Waals surface area contributed by atoms with Crippen molar-refractivity contribution < 1.29 is 19.2 Å². The van der Waals surface area contributed by atoms with Crippen molar-refractivity contribution in [1.82, 2.24) is 5.06 Å². The van der Waals surface area contributed by atoms with Crippen molar-refractivity contribution >= 4 is 57.0 Å². The first kappa shape index (κ1) is 27.7. The van der Waals surface area contributed by atoms with E-state index in [4.69, 9.17) is 16.1 Å². The molecule has 1 atom stereocenters. The van der Waals surface area contributed by atoms with Gasteiger partial charge in [-0.15, -0.1) is 16.8 Å². The van der Waals surface area contributed by atoms with Crippen LogP contribution >= 0.6 is 33.3 Å². The van der Waals surface area contributed by atoms with Gasteiger partial charge in [-0.1, -0.05) is 39.5 Å². The van der Waals surface area contributed by atoms with E-state index >= 15 is 0 Å². The van der Waals surface area contributed by atoms with Gasteiger partial charge >= 0.3 is 5.97 Å². The van der Waals surface area contributed by atoms with Crippen LogP contribution in [0.25, 0.3) is 10.4 Å². The van der Waals surface area contributed by atoms with E-state index < -0.39 is 23.0 Å². The molecule has 2 amide bonds. The third-order valence-electron chi connectivity index (χ3n) is 5.16. The number of hydroxylamine groups is 2. The van der Waals surface area contributed by atoms with Crippen molar-refractivity contribution in [3.8, 4) is 0 Å². The van der Waals surface area contributed by atoms with Gasteiger partial charge < -0.3 is 10.6 Å². The van der Waals surface area contributed by atoms with Crippen LogP contribution in [0.3, 0.4) is 0 Å². The summed E-state index contributed by atoms with van der Waals surface area (Å²) in [5.41, 5.74) is 14.2. The molecule has 0 aromatic carbocycles. The second-order valence-corrected chi connectivity index (χ2v) is 11.7. The van der Waals surface area contributed by atoms with Gasteiger partial charge in [0.2, 0.25) is 0 Å². The number of hydrogen-bond acceptors (Lipinski definition) is 9. The van der Waals surface area contributed by atoms with Gasteiger partial charge in [-0.25, -0.2) is 4.79 Å². The zero-order valence-electron chi connectivity index (χ0n) is 18.7. The average molecular weight is 517 g/mol. The Kier molecular flexibility index (Phi) is 13.5. The number of thioether (sulfide) groups is 1. The Balaban J connectivity index is 1.58. The Morgan fingerprint density at radius 2 is 1.91 bits per heavy atom. The lowest BCUT2D eigenvalue weighted by molar-refractivity contribution is -0.197. The summed E-state index contributed by atoms with van der Waals surface area (Å²) in [7, 11) is 3.92. The summed E-state index contributed by atoms with van der Waals surface area (Å²) in [5.74, 6) is 2.86. The van der Waals surface area contributed by atoms with Gasteiger partial charge in [-0.3, -0.25) is 14.6 Å². The molecule has 33 heavy (non-hydrogen) atoms. The number of aliphatic imine (C=N–C) groups is 1. The van der Waals surface area contributed by atoms with Crippen molar-refractivity contribution in [1.29, 1.82) is 0 Å². The van der Waals surface area contributed by atoms with E-state index in [-0.39, 0.29) is 12.8 Å². The van der Waals surface area contributed by atoms with Crippen LogP contribution in [0.2, 0.25) is 0 Å². The molecule has 1 unspecified atom stereocenters. The zero-order chi connectivity index (χ0) is 23.9. The minimum atomic E-state index is -0.618. The summed E-state index contributed by atoms with van der Waals surface area (Å²) in [4.78, 5) is 48.5. The van der Waals surface area contributed by atoms with E-state index in [1.807, 2.05) is 21.6 Å². The fourth-order valence-electron chi connectivity index (χ4n) is 3.29. The lowest BCUT2D eigenvalue weighted by Crippen LogP contribution is -2.34. The van der Waals surface area contributed by atoms with Crippen molar-refractivity contribution in [3.63, 3.8) is 0 Å². The second-order valence-electron chi connectivity index (χ2n) is 7.87. The standard InChI is InChI=1S/C20H32N6O4S3/c21-17(23-9-5-3-6-15-13-32-33-14-15)8-11-31-16-12-18(27)26(20(16)29)30-19(28)7-2-1-4-10-24-25-22/h15-16H,1-14H2,(H2,21,23). The Morgan fingerprint density at radius 3 is 2.67 bits per heavy atom. The monoisotopic (exact) mass is 516 g/mol. The van der Waals surface area contributed by atoms with Gasteiger partial charge in [0.1, 0.15) is 0 Å². The van der Waals surface area contributed by atoms with Crippen LogP contribution in [-0.2, 0) is 19.2 Å². The van der Waals surface area contributed by atoms with E-state index in [1.165, 1.54) is 36.1 Å². The highest BCUT2D eigenvalue weighted by atomic mass is 33.1. The maximum Gasteiger partial charge on any atom is 0.333 e. The second kappa shape index (κ2) is 16.1. The molecule has 2 saturated heterocycles. The molecule has 0 aliphatic carbocycles. The number of imide groups is 1. The van der Waals surface area contributed by atoms with Gasteiger partial charge in [0.15, 0.2) is 0 Å². The van der Waals surface area contributed by atoms with E-state index in [0.29, 0.717) is 48.9 Å². The summed E-state index contributed by atoms with van der Waals surface area (Å²) in [6.45, 7) is 1.10.